The summed E-state index contributed by atoms with van der Waals surface area (Å²) in [6, 6.07) is 14.9. The molecule has 0 bridgehead atoms. The molecule has 26 heavy (non-hydrogen) atoms. The largest absolute Gasteiger partial charge is 0.494 e. The number of hydrogen-bond donors (Lipinski definition) is 1. The number of nitrogens with zero attached hydrogens (tertiary/aromatic N) is 2. The van der Waals surface area contributed by atoms with E-state index in [1.54, 1.807) is 42.7 Å². The Bertz CT molecular complexity index is 916. The van der Waals surface area contributed by atoms with Crippen LogP contribution < -0.4 is 9.64 Å². The highest BCUT2D eigenvalue weighted by Gasteiger charge is 2.15. The molecular weight excluding hydrogens is 335 g/mol. The van der Waals surface area contributed by atoms with Crippen molar-refractivity contribution in [2.45, 2.75) is 6.54 Å². The topological polar surface area (TPSA) is 62.7 Å². The number of pyridine rings is 1. The Hall–Kier alpha value is -3.41. The Morgan fingerprint density at radius 3 is 2.65 bits per heavy atom. The lowest BCUT2D eigenvalue weighted by molar-refractivity contribution is 0.0697. The van der Waals surface area contributed by atoms with Gasteiger partial charge in [0.1, 0.15) is 0 Å². The summed E-state index contributed by atoms with van der Waals surface area (Å²) < 4.78 is 18.9. The van der Waals surface area contributed by atoms with E-state index in [1.165, 1.54) is 19.2 Å². The number of rotatable bonds is 6. The second-order valence-corrected chi connectivity index (χ2v) is 5.62. The Morgan fingerprint density at radius 1 is 1.15 bits per heavy atom. The summed E-state index contributed by atoms with van der Waals surface area (Å²) in [4.78, 5) is 17.3. The Kier molecular flexibility index (Phi) is 5.12. The maximum atomic E-state index is 13.8. The monoisotopic (exact) mass is 352 g/mol. The number of carbonyl (C=O) groups is 1. The zero-order valence-corrected chi connectivity index (χ0v) is 14.1. The first kappa shape index (κ1) is 17.4. The van der Waals surface area contributed by atoms with Crippen molar-refractivity contribution in [2.24, 2.45) is 0 Å². The average molecular weight is 352 g/mol. The molecule has 0 aliphatic heterocycles. The van der Waals surface area contributed by atoms with E-state index in [1.807, 2.05) is 17.0 Å². The van der Waals surface area contributed by atoms with E-state index < -0.39 is 11.8 Å². The molecule has 0 saturated heterocycles. The molecule has 3 aromatic rings. The van der Waals surface area contributed by atoms with E-state index in [-0.39, 0.29) is 11.3 Å². The van der Waals surface area contributed by atoms with Gasteiger partial charge in [-0.2, -0.15) is 0 Å². The lowest BCUT2D eigenvalue weighted by Crippen LogP contribution is -2.17. The first-order valence-electron chi connectivity index (χ1n) is 7.92. The number of methoxy groups -OCH3 is 1. The highest BCUT2D eigenvalue weighted by atomic mass is 19.1. The van der Waals surface area contributed by atoms with E-state index in [2.05, 4.69) is 4.98 Å². The number of hydrogen-bond acceptors (Lipinski definition) is 4. The minimum Gasteiger partial charge on any atom is -0.494 e. The van der Waals surface area contributed by atoms with Gasteiger partial charge in [-0.15, -0.1) is 0 Å². The number of benzene rings is 2. The highest BCUT2D eigenvalue weighted by molar-refractivity contribution is 5.89. The first-order chi connectivity index (χ1) is 12.6. The summed E-state index contributed by atoms with van der Waals surface area (Å²) in [5, 5.41) is 9.27. The van der Waals surface area contributed by atoms with Crippen LogP contribution in [0.25, 0.3) is 0 Å². The number of anilines is 2. The van der Waals surface area contributed by atoms with Crippen LogP contribution >= 0.6 is 0 Å². The molecule has 3 rings (SSSR count). The third-order valence-corrected chi connectivity index (χ3v) is 3.91. The second-order valence-electron chi connectivity index (χ2n) is 5.62. The predicted molar refractivity (Wildman–Crippen MR) is 96.4 cm³/mol. The minimum absolute atomic E-state index is 0.119. The van der Waals surface area contributed by atoms with Gasteiger partial charge in [-0.3, -0.25) is 4.98 Å². The highest BCUT2D eigenvalue weighted by Crippen LogP contribution is 2.32. The molecule has 0 fully saturated rings. The van der Waals surface area contributed by atoms with Gasteiger partial charge in [-0.25, -0.2) is 9.18 Å². The van der Waals surface area contributed by atoms with Crippen LogP contribution in [0.5, 0.6) is 5.75 Å². The lowest BCUT2D eigenvalue weighted by Gasteiger charge is -2.26. The maximum Gasteiger partial charge on any atom is 0.335 e. The van der Waals surface area contributed by atoms with Gasteiger partial charge >= 0.3 is 5.97 Å². The van der Waals surface area contributed by atoms with Crippen LogP contribution in [0.4, 0.5) is 15.8 Å². The van der Waals surface area contributed by atoms with Gasteiger partial charge in [0.05, 0.1) is 12.7 Å². The van der Waals surface area contributed by atoms with Crippen molar-refractivity contribution in [2.75, 3.05) is 12.0 Å². The molecule has 132 valence electrons. The Balaban J connectivity index is 2.07. The average Bonchev–Trinajstić information content (AvgIpc) is 2.67. The van der Waals surface area contributed by atoms with Crippen molar-refractivity contribution in [3.63, 3.8) is 0 Å². The van der Waals surface area contributed by atoms with Crippen molar-refractivity contribution >= 4 is 17.3 Å². The fourth-order valence-electron chi connectivity index (χ4n) is 2.63. The van der Waals surface area contributed by atoms with Crippen LogP contribution in [0.3, 0.4) is 0 Å². The Morgan fingerprint density at radius 2 is 1.96 bits per heavy atom. The van der Waals surface area contributed by atoms with Crippen molar-refractivity contribution < 1.29 is 19.0 Å². The summed E-state index contributed by atoms with van der Waals surface area (Å²) in [7, 11) is 1.40. The maximum absolute atomic E-state index is 13.8. The van der Waals surface area contributed by atoms with E-state index in [4.69, 9.17) is 4.74 Å². The van der Waals surface area contributed by atoms with Gasteiger partial charge in [-0.05, 0) is 42.0 Å². The SMILES string of the molecule is COc1cc(N(Cc2cccnc2)c2cccc(C(=O)O)c2)ccc1F. The van der Waals surface area contributed by atoms with Gasteiger partial charge in [0, 0.05) is 36.4 Å². The van der Waals surface area contributed by atoms with Crippen LogP contribution in [0.1, 0.15) is 15.9 Å². The molecule has 0 saturated carbocycles. The standard InChI is InChI=1S/C20H17FN2O3/c1-26-19-11-17(7-8-18(19)21)23(13-14-4-3-9-22-12-14)16-6-2-5-15(10-16)20(24)25/h2-12H,13H2,1H3,(H,24,25). The summed E-state index contributed by atoms with van der Waals surface area (Å²) in [6.45, 7) is 0.436. The molecule has 1 heterocycles. The summed E-state index contributed by atoms with van der Waals surface area (Å²) in [5.41, 5.74) is 2.45. The molecule has 0 aliphatic carbocycles. The summed E-state index contributed by atoms with van der Waals surface area (Å²) >= 11 is 0. The smallest absolute Gasteiger partial charge is 0.335 e. The summed E-state index contributed by atoms with van der Waals surface area (Å²) in [6.07, 6.45) is 3.41. The lowest BCUT2D eigenvalue weighted by atomic mass is 10.1. The molecular formula is C20H17FN2O3. The fourth-order valence-corrected chi connectivity index (χ4v) is 2.63. The van der Waals surface area contributed by atoms with E-state index in [0.29, 0.717) is 17.9 Å². The van der Waals surface area contributed by atoms with Gasteiger partial charge in [0.25, 0.3) is 0 Å². The van der Waals surface area contributed by atoms with Gasteiger partial charge in [0.2, 0.25) is 0 Å². The first-order valence-corrected chi connectivity index (χ1v) is 7.92. The number of carboxylic acids is 1. The number of ether oxygens (including phenoxy) is 1. The third-order valence-electron chi connectivity index (χ3n) is 3.91. The molecule has 6 heteroatoms. The van der Waals surface area contributed by atoms with Gasteiger partial charge < -0.3 is 14.7 Å². The molecule has 0 spiro atoms. The summed E-state index contributed by atoms with van der Waals surface area (Å²) in [5.74, 6) is -1.35. The molecule has 5 nitrogen and oxygen atoms in total. The van der Waals surface area contributed by atoms with Crippen LogP contribution in [0, 0.1) is 5.82 Å². The van der Waals surface area contributed by atoms with E-state index in [0.717, 1.165) is 5.56 Å². The second kappa shape index (κ2) is 7.65. The van der Waals surface area contributed by atoms with E-state index >= 15 is 0 Å². The van der Waals surface area contributed by atoms with Gasteiger partial charge in [0.15, 0.2) is 11.6 Å². The zero-order valence-electron chi connectivity index (χ0n) is 14.1. The number of carboxylic acid groups (broad SMARTS) is 1. The Labute approximate surface area is 150 Å². The zero-order chi connectivity index (χ0) is 18.5. The molecule has 0 radical (unpaired) electrons. The van der Waals surface area contributed by atoms with Crippen LogP contribution in [-0.4, -0.2) is 23.2 Å². The number of halogens is 1. The molecule has 0 atom stereocenters. The molecule has 1 N–H and O–H groups in total. The minimum atomic E-state index is -1.01. The fraction of sp³-hybridized carbons (Fsp3) is 0.100. The quantitative estimate of drug-likeness (QED) is 0.718. The number of aromatic nitrogens is 1. The van der Waals surface area contributed by atoms with Crippen LogP contribution in [0.15, 0.2) is 67.0 Å². The number of aromatic carboxylic acids is 1. The van der Waals surface area contributed by atoms with Crippen molar-refractivity contribution in [3.8, 4) is 5.75 Å². The molecule has 0 unspecified atom stereocenters. The normalized spacial score (nSPS) is 10.4. The van der Waals surface area contributed by atoms with Crippen LogP contribution in [-0.2, 0) is 6.54 Å². The van der Waals surface area contributed by atoms with Crippen molar-refractivity contribution in [3.05, 3.63) is 83.9 Å². The molecule has 0 amide bonds. The third kappa shape index (κ3) is 3.80. The van der Waals surface area contributed by atoms with Crippen LogP contribution in [0.2, 0.25) is 0 Å². The predicted octanol–water partition coefficient (Wildman–Crippen LogP) is 4.27. The van der Waals surface area contributed by atoms with Gasteiger partial charge in [-0.1, -0.05) is 12.1 Å². The van der Waals surface area contributed by atoms with Crippen molar-refractivity contribution in [1.82, 2.24) is 4.98 Å². The van der Waals surface area contributed by atoms with Crippen molar-refractivity contribution in [1.29, 1.82) is 0 Å². The van der Waals surface area contributed by atoms with E-state index in [9.17, 15) is 14.3 Å². The molecule has 0 aliphatic rings. The molecule has 2 aromatic carbocycles. The molecule has 1 aromatic heterocycles.